The molecular formula is C11H20N4O. The van der Waals surface area contributed by atoms with Crippen LogP contribution in [0.5, 0.6) is 0 Å². The molecule has 1 aliphatic rings. The number of nitrogens with two attached hydrogens (primary N) is 1. The van der Waals surface area contributed by atoms with Gasteiger partial charge in [0.05, 0.1) is 23.9 Å². The van der Waals surface area contributed by atoms with Gasteiger partial charge in [-0.05, 0) is 26.7 Å². The summed E-state index contributed by atoms with van der Waals surface area (Å²) in [5.41, 5.74) is 5.62. The van der Waals surface area contributed by atoms with E-state index in [1.807, 2.05) is 20.0 Å². The van der Waals surface area contributed by atoms with Gasteiger partial charge in [-0.2, -0.15) is 0 Å². The Morgan fingerprint density at radius 1 is 1.50 bits per heavy atom. The van der Waals surface area contributed by atoms with Crippen molar-refractivity contribution in [3.8, 4) is 0 Å². The summed E-state index contributed by atoms with van der Waals surface area (Å²) in [7, 11) is 0. The standard InChI is InChI=1S/C11H20N4O/c1-10(2,12)9-7-15(14-13-9)8-11(16)5-3-4-6-11/h7,16H,3-6,8,12H2,1-2H3. The maximum atomic E-state index is 10.2. The van der Waals surface area contributed by atoms with Crippen LogP contribution in [0.3, 0.4) is 0 Å². The molecule has 0 spiro atoms. The Balaban J connectivity index is 2.08. The van der Waals surface area contributed by atoms with Crippen molar-refractivity contribution >= 4 is 0 Å². The highest BCUT2D eigenvalue weighted by atomic mass is 16.3. The molecule has 0 unspecified atom stereocenters. The fraction of sp³-hybridized carbons (Fsp3) is 0.818. The van der Waals surface area contributed by atoms with Crippen LogP contribution >= 0.6 is 0 Å². The third kappa shape index (κ3) is 2.41. The first kappa shape index (κ1) is 11.5. The summed E-state index contributed by atoms with van der Waals surface area (Å²) in [6, 6.07) is 0. The lowest BCUT2D eigenvalue weighted by Crippen LogP contribution is -2.31. The number of rotatable bonds is 3. The quantitative estimate of drug-likeness (QED) is 0.795. The van der Waals surface area contributed by atoms with Crippen LogP contribution < -0.4 is 5.73 Å². The zero-order valence-corrected chi connectivity index (χ0v) is 9.98. The molecule has 90 valence electrons. The molecule has 0 amide bonds. The Morgan fingerprint density at radius 2 is 2.12 bits per heavy atom. The predicted octanol–water partition coefficient (Wildman–Crippen LogP) is 0.777. The highest BCUT2D eigenvalue weighted by molar-refractivity contribution is 5.05. The lowest BCUT2D eigenvalue weighted by Gasteiger charge is -2.21. The van der Waals surface area contributed by atoms with Gasteiger partial charge in [0.15, 0.2) is 0 Å². The van der Waals surface area contributed by atoms with Gasteiger partial charge >= 0.3 is 0 Å². The second-order valence-corrected chi connectivity index (χ2v) is 5.45. The first-order valence-corrected chi connectivity index (χ1v) is 5.81. The van der Waals surface area contributed by atoms with Crippen LogP contribution in [0.15, 0.2) is 6.20 Å². The predicted molar refractivity (Wildman–Crippen MR) is 60.7 cm³/mol. The van der Waals surface area contributed by atoms with Gasteiger partial charge in [-0.25, -0.2) is 4.68 Å². The molecule has 0 saturated heterocycles. The number of hydrogen-bond acceptors (Lipinski definition) is 4. The molecule has 0 radical (unpaired) electrons. The molecule has 0 aliphatic heterocycles. The number of hydrogen-bond donors (Lipinski definition) is 2. The normalized spacial score (nSPS) is 20.2. The third-order valence-electron chi connectivity index (χ3n) is 3.19. The molecule has 1 aromatic rings. The Labute approximate surface area is 95.6 Å². The van der Waals surface area contributed by atoms with Crippen LogP contribution in [0, 0.1) is 0 Å². The van der Waals surface area contributed by atoms with E-state index in [-0.39, 0.29) is 0 Å². The van der Waals surface area contributed by atoms with Gasteiger partial charge in [0, 0.05) is 0 Å². The van der Waals surface area contributed by atoms with Gasteiger partial charge in [-0.3, -0.25) is 0 Å². The molecule has 3 N–H and O–H groups in total. The molecule has 5 heteroatoms. The number of aliphatic hydroxyl groups is 1. The topological polar surface area (TPSA) is 77.0 Å². The molecule has 1 heterocycles. The van der Waals surface area contributed by atoms with Crippen LogP contribution in [0.1, 0.15) is 45.2 Å². The fourth-order valence-electron chi connectivity index (χ4n) is 2.16. The lowest BCUT2D eigenvalue weighted by molar-refractivity contribution is 0.0260. The van der Waals surface area contributed by atoms with Crippen molar-refractivity contribution < 1.29 is 5.11 Å². The van der Waals surface area contributed by atoms with Gasteiger partial charge in [0.2, 0.25) is 0 Å². The minimum atomic E-state index is -0.594. The van der Waals surface area contributed by atoms with Crippen molar-refractivity contribution in [2.45, 2.75) is 57.2 Å². The minimum Gasteiger partial charge on any atom is -0.388 e. The summed E-state index contributed by atoms with van der Waals surface area (Å²) in [4.78, 5) is 0. The smallest absolute Gasteiger partial charge is 0.102 e. The first-order valence-electron chi connectivity index (χ1n) is 5.81. The van der Waals surface area contributed by atoms with Crippen LogP contribution in [-0.4, -0.2) is 25.7 Å². The molecule has 16 heavy (non-hydrogen) atoms. The summed E-state index contributed by atoms with van der Waals surface area (Å²) in [6.45, 7) is 4.31. The van der Waals surface area contributed by atoms with Crippen molar-refractivity contribution in [2.24, 2.45) is 5.73 Å². The highest BCUT2D eigenvalue weighted by Gasteiger charge is 2.32. The molecule has 5 nitrogen and oxygen atoms in total. The molecule has 0 aromatic carbocycles. The molecule has 1 fully saturated rings. The van der Waals surface area contributed by atoms with E-state index in [0.29, 0.717) is 6.54 Å². The van der Waals surface area contributed by atoms with Gasteiger partial charge in [0.25, 0.3) is 0 Å². The van der Waals surface area contributed by atoms with Crippen molar-refractivity contribution in [1.29, 1.82) is 0 Å². The second-order valence-electron chi connectivity index (χ2n) is 5.45. The van der Waals surface area contributed by atoms with Crippen molar-refractivity contribution in [2.75, 3.05) is 0 Å². The van der Waals surface area contributed by atoms with Crippen molar-refractivity contribution in [3.05, 3.63) is 11.9 Å². The average molecular weight is 224 g/mol. The Morgan fingerprint density at radius 3 is 2.62 bits per heavy atom. The Kier molecular flexibility index (Phi) is 2.75. The SMILES string of the molecule is CC(C)(N)c1cn(CC2(O)CCCC2)nn1. The Bertz CT molecular complexity index is 360. The van der Waals surface area contributed by atoms with E-state index in [9.17, 15) is 5.11 Å². The maximum absolute atomic E-state index is 10.2. The van der Waals surface area contributed by atoms with E-state index in [1.54, 1.807) is 4.68 Å². The molecule has 2 rings (SSSR count). The van der Waals surface area contributed by atoms with Gasteiger partial charge in [-0.15, -0.1) is 5.10 Å². The van der Waals surface area contributed by atoms with E-state index < -0.39 is 11.1 Å². The first-order chi connectivity index (χ1) is 7.39. The summed E-state index contributed by atoms with van der Waals surface area (Å²) in [5.74, 6) is 0. The van der Waals surface area contributed by atoms with E-state index in [4.69, 9.17) is 5.73 Å². The van der Waals surface area contributed by atoms with Gasteiger partial charge < -0.3 is 10.8 Å². The average Bonchev–Trinajstić information content (AvgIpc) is 2.74. The number of aromatic nitrogens is 3. The van der Waals surface area contributed by atoms with E-state index in [0.717, 1.165) is 31.4 Å². The zero-order valence-electron chi connectivity index (χ0n) is 9.98. The molecule has 1 aliphatic carbocycles. The highest BCUT2D eigenvalue weighted by Crippen LogP contribution is 2.30. The van der Waals surface area contributed by atoms with E-state index in [1.165, 1.54) is 0 Å². The van der Waals surface area contributed by atoms with Crippen LogP contribution in [0.2, 0.25) is 0 Å². The van der Waals surface area contributed by atoms with E-state index >= 15 is 0 Å². The number of nitrogens with zero attached hydrogens (tertiary/aromatic N) is 3. The van der Waals surface area contributed by atoms with Crippen molar-refractivity contribution in [1.82, 2.24) is 15.0 Å². The van der Waals surface area contributed by atoms with E-state index in [2.05, 4.69) is 10.3 Å². The summed E-state index contributed by atoms with van der Waals surface area (Å²) < 4.78 is 1.70. The third-order valence-corrected chi connectivity index (χ3v) is 3.19. The second kappa shape index (κ2) is 3.82. The fourth-order valence-corrected chi connectivity index (χ4v) is 2.16. The molecule has 1 saturated carbocycles. The summed E-state index contributed by atoms with van der Waals surface area (Å²) in [6.07, 6.45) is 5.74. The molecular weight excluding hydrogens is 204 g/mol. The minimum absolute atomic E-state index is 0.476. The van der Waals surface area contributed by atoms with Crippen LogP contribution in [0.25, 0.3) is 0 Å². The largest absolute Gasteiger partial charge is 0.388 e. The maximum Gasteiger partial charge on any atom is 0.102 e. The summed E-state index contributed by atoms with van der Waals surface area (Å²) >= 11 is 0. The van der Waals surface area contributed by atoms with Gasteiger partial charge in [-0.1, -0.05) is 18.1 Å². The molecule has 1 aromatic heterocycles. The van der Waals surface area contributed by atoms with Gasteiger partial charge in [0.1, 0.15) is 5.69 Å². The lowest BCUT2D eigenvalue weighted by atomic mass is 10.0. The Hall–Kier alpha value is -0.940. The van der Waals surface area contributed by atoms with Crippen LogP contribution in [0.4, 0.5) is 0 Å². The molecule has 0 atom stereocenters. The summed E-state index contributed by atoms with van der Waals surface area (Å²) in [5, 5.41) is 18.3. The molecule has 0 bridgehead atoms. The zero-order chi connectivity index (χ0) is 11.8. The monoisotopic (exact) mass is 224 g/mol. The van der Waals surface area contributed by atoms with Crippen molar-refractivity contribution in [3.63, 3.8) is 0 Å². The van der Waals surface area contributed by atoms with Crippen LogP contribution in [-0.2, 0) is 12.1 Å².